The van der Waals surface area contributed by atoms with Gasteiger partial charge in [0.15, 0.2) is 5.78 Å². The van der Waals surface area contributed by atoms with Crippen molar-refractivity contribution in [3.8, 4) is 11.5 Å². The number of allylic oxidation sites excluding steroid dienone is 1. The molecule has 0 aromatic heterocycles. The second kappa shape index (κ2) is 8.41. The average molecular weight is 276 g/mol. The third kappa shape index (κ3) is 4.72. The van der Waals surface area contributed by atoms with Crippen LogP contribution in [0.3, 0.4) is 0 Å². The zero-order valence-electron chi connectivity index (χ0n) is 12.9. The fourth-order valence-electron chi connectivity index (χ4n) is 2.08. The number of methoxy groups -OCH3 is 2. The summed E-state index contributed by atoms with van der Waals surface area (Å²) in [6.07, 6.45) is 7.86. The van der Waals surface area contributed by atoms with E-state index in [1.54, 1.807) is 20.3 Å². The molecule has 0 amide bonds. The third-order valence-corrected chi connectivity index (χ3v) is 3.16. The van der Waals surface area contributed by atoms with E-state index in [0.717, 1.165) is 29.9 Å². The number of ether oxygens (including phenoxy) is 2. The number of hydrogen-bond donors (Lipinski definition) is 0. The van der Waals surface area contributed by atoms with E-state index in [9.17, 15) is 4.79 Å². The zero-order chi connectivity index (χ0) is 15.0. The second-order valence-electron chi connectivity index (χ2n) is 4.82. The van der Waals surface area contributed by atoms with Gasteiger partial charge in [-0.25, -0.2) is 0 Å². The van der Waals surface area contributed by atoms with E-state index in [2.05, 4.69) is 6.92 Å². The monoisotopic (exact) mass is 276 g/mol. The number of aryl methyl sites for hydroxylation is 1. The highest BCUT2D eigenvalue weighted by Crippen LogP contribution is 2.32. The number of rotatable bonds is 8. The van der Waals surface area contributed by atoms with Crippen molar-refractivity contribution in [1.29, 1.82) is 0 Å². The molecular formula is C17H24O3. The fraction of sp³-hybridized carbons (Fsp3) is 0.471. The summed E-state index contributed by atoms with van der Waals surface area (Å²) >= 11 is 0. The minimum atomic E-state index is 0.00104. The predicted octanol–water partition coefficient (Wildman–Crippen LogP) is 4.04. The van der Waals surface area contributed by atoms with E-state index >= 15 is 0 Å². The first-order valence-corrected chi connectivity index (χ1v) is 7.05. The van der Waals surface area contributed by atoms with Crippen LogP contribution < -0.4 is 9.47 Å². The van der Waals surface area contributed by atoms with Crippen LogP contribution in [0.15, 0.2) is 18.2 Å². The number of unbranched alkanes of at least 4 members (excludes halogenated alkanes) is 2. The minimum Gasteiger partial charge on any atom is -0.496 e. The maximum atomic E-state index is 11.1. The van der Waals surface area contributed by atoms with Crippen molar-refractivity contribution in [2.75, 3.05) is 14.2 Å². The van der Waals surface area contributed by atoms with Crippen LogP contribution in [0.2, 0.25) is 0 Å². The molecular weight excluding hydrogens is 252 g/mol. The van der Waals surface area contributed by atoms with Gasteiger partial charge in [-0.1, -0.05) is 19.8 Å². The Balaban J connectivity index is 3.07. The first-order chi connectivity index (χ1) is 9.62. The van der Waals surface area contributed by atoms with Gasteiger partial charge in [-0.3, -0.25) is 4.79 Å². The number of carbonyl (C=O) groups excluding carboxylic acids is 1. The van der Waals surface area contributed by atoms with Gasteiger partial charge in [0, 0.05) is 0 Å². The molecule has 0 radical (unpaired) electrons. The fourth-order valence-corrected chi connectivity index (χ4v) is 2.08. The molecule has 3 nitrogen and oxygen atoms in total. The molecule has 1 rings (SSSR count). The Labute approximate surface area is 121 Å². The maximum absolute atomic E-state index is 11.1. The van der Waals surface area contributed by atoms with Gasteiger partial charge in [0.1, 0.15) is 11.5 Å². The van der Waals surface area contributed by atoms with E-state index in [1.165, 1.54) is 31.4 Å². The molecule has 0 N–H and O–H groups in total. The molecule has 0 saturated carbocycles. The number of hydrogen-bond acceptors (Lipinski definition) is 3. The molecule has 0 fully saturated rings. The molecule has 0 bridgehead atoms. The summed E-state index contributed by atoms with van der Waals surface area (Å²) in [7, 11) is 3.27. The van der Waals surface area contributed by atoms with Crippen molar-refractivity contribution < 1.29 is 14.3 Å². The van der Waals surface area contributed by atoms with Crippen LogP contribution in [0.25, 0.3) is 6.08 Å². The van der Waals surface area contributed by atoms with Gasteiger partial charge in [0.25, 0.3) is 0 Å². The Bertz CT molecular complexity index is 450. The predicted molar refractivity (Wildman–Crippen MR) is 82.5 cm³/mol. The summed E-state index contributed by atoms with van der Waals surface area (Å²) in [4.78, 5) is 11.1. The smallest absolute Gasteiger partial charge is 0.152 e. The summed E-state index contributed by atoms with van der Waals surface area (Å²) in [5.41, 5.74) is 2.01. The van der Waals surface area contributed by atoms with Gasteiger partial charge in [-0.15, -0.1) is 0 Å². The first kappa shape index (κ1) is 16.3. The molecule has 20 heavy (non-hydrogen) atoms. The highest BCUT2D eigenvalue weighted by atomic mass is 16.5. The summed E-state index contributed by atoms with van der Waals surface area (Å²) in [5.74, 6) is 1.49. The van der Waals surface area contributed by atoms with E-state index in [1.807, 2.05) is 12.1 Å². The first-order valence-electron chi connectivity index (χ1n) is 7.05. The van der Waals surface area contributed by atoms with Gasteiger partial charge in [0.2, 0.25) is 0 Å². The summed E-state index contributed by atoms with van der Waals surface area (Å²) in [6, 6.07) is 4.05. The van der Waals surface area contributed by atoms with Crippen LogP contribution >= 0.6 is 0 Å². The maximum Gasteiger partial charge on any atom is 0.152 e. The normalized spacial score (nSPS) is 10.8. The Morgan fingerprint density at radius 2 is 1.75 bits per heavy atom. The lowest BCUT2D eigenvalue weighted by Gasteiger charge is -2.13. The Morgan fingerprint density at radius 3 is 2.20 bits per heavy atom. The van der Waals surface area contributed by atoms with Crippen molar-refractivity contribution in [2.45, 2.75) is 39.5 Å². The lowest BCUT2D eigenvalue weighted by molar-refractivity contribution is -0.112. The molecule has 110 valence electrons. The molecule has 0 aliphatic rings. The van der Waals surface area contributed by atoms with E-state index in [-0.39, 0.29) is 5.78 Å². The third-order valence-electron chi connectivity index (χ3n) is 3.16. The van der Waals surface area contributed by atoms with Crippen molar-refractivity contribution in [1.82, 2.24) is 0 Å². The van der Waals surface area contributed by atoms with Crippen molar-refractivity contribution >= 4 is 11.9 Å². The topological polar surface area (TPSA) is 35.5 Å². The van der Waals surface area contributed by atoms with Crippen molar-refractivity contribution in [2.24, 2.45) is 0 Å². The number of carbonyl (C=O) groups is 1. The van der Waals surface area contributed by atoms with Crippen LogP contribution in [-0.4, -0.2) is 20.0 Å². The van der Waals surface area contributed by atoms with Crippen LogP contribution in [0.4, 0.5) is 0 Å². The summed E-state index contributed by atoms with van der Waals surface area (Å²) < 4.78 is 10.8. The quantitative estimate of drug-likeness (QED) is 0.531. The zero-order valence-corrected chi connectivity index (χ0v) is 12.9. The van der Waals surface area contributed by atoms with E-state index < -0.39 is 0 Å². The standard InChI is InChI=1S/C17H24O3/c1-5-6-7-8-14-11-16(19-3)15(10-9-13(2)18)17(12-14)20-4/h9-12H,5-8H2,1-4H3. The molecule has 0 unspecified atom stereocenters. The molecule has 0 aliphatic carbocycles. The molecule has 1 aromatic rings. The van der Waals surface area contributed by atoms with Gasteiger partial charge in [-0.2, -0.15) is 0 Å². The minimum absolute atomic E-state index is 0.00104. The van der Waals surface area contributed by atoms with Gasteiger partial charge in [0.05, 0.1) is 19.8 Å². The van der Waals surface area contributed by atoms with Crippen molar-refractivity contribution in [3.05, 3.63) is 29.3 Å². The molecule has 0 heterocycles. The van der Waals surface area contributed by atoms with Crippen molar-refractivity contribution in [3.63, 3.8) is 0 Å². The molecule has 0 atom stereocenters. The van der Waals surface area contributed by atoms with Gasteiger partial charge < -0.3 is 9.47 Å². The lowest BCUT2D eigenvalue weighted by atomic mass is 10.0. The summed E-state index contributed by atoms with van der Waals surface area (Å²) in [5, 5.41) is 0. The molecule has 0 spiro atoms. The SMILES string of the molecule is CCCCCc1cc(OC)c(C=CC(C)=O)c(OC)c1. The second-order valence-corrected chi connectivity index (χ2v) is 4.82. The lowest BCUT2D eigenvalue weighted by Crippen LogP contribution is -1.96. The number of benzene rings is 1. The molecule has 0 saturated heterocycles. The Kier molecular flexibility index (Phi) is 6.85. The number of ketones is 1. The molecule has 0 aliphatic heterocycles. The molecule has 1 aromatic carbocycles. The van der Waals surface area contributed by atoms with E-state index in [4.69, 9.17) is 9.47 Å². The van der Waals surface area contributed by atoms with E-state index in [0.29, 0.717) is 0 Å². The van der Waals surface area contributed by atoms with Crippen LogP contribution in [0, 0.1) is 0 Å². The Hall–Kier alpha value is -1.77. The highest BCUT2D eigenvalue weighted by Gasteiger charge is 2.10. The van der Waals surface area contributed by atoms with Gasteiger partial charge in [-0.05, 0) is 49.6 Å². The summed E-state index contributed by atoms with van der Waals surface area (Å²) in [6.45, 7) is 3.71. The largest absolute Gasteiger partial charge is 0.496 e. The van der Waals surface area contributed by atoms with Crippen LogP contribution in [0.1, 0.15) is 44.2 Å². The van der Waals surface area contributed by atoms with Crippen LogP contribution in [0.5, 0.6) is 11.5 Å². The average Bonchev–Trinajstić information content (AvgIpc) is 2.44. The van der Waals surface area contributed by atoms with Crippen LogP contribution in [-0.2, 0) is 11.2 Å². The Morgan fingerprint density at radius 1 is 1.15 bits per heavy atom. The van der Waals surface area contributed by atoms with Gasteiger partial charge >= 0.3 is 0 Å². The highest BCUT2D eigenvalue weighted by molar-refractivity contribution is 5.92. The molecule has 3 heteroatoms.